The Morgan fingerprint density at radius 1 is 1.15 bits per heavy atom. The normalized spacial score (nSPS) is 20.0. The Morgan fingerprint density at radius 2 is 1.93 bits per heavy atom. The standard InChI is InChI=1S/C20H26FN3O3/c21-17-7-5-16(6-8-17)20(27)22-13-15-3-1-11-24(14-15)19(26)9-12-23-10-2-4-18(23)25/h5-8,15H,1-4,9-14H2,(H,22,27)/t15-/m0/s1. The molecule has 1 aromatic carbocycles. The highest BCUT2D eigenvalue weighted by Gasteiger charge is 2.26. The lowest BCUT2D eigenvalue weighted by Gasteiger charge is -2.33. The summed E-state index contributed by atoms with van der Waals surface area (Å²) < 4.78 is 12.9. The van der Waals surface area contributed by atoms with E-state index in [-0.39, 0.29) is 29.5 Å². The fraction of sp³-hybridized carbons (Fsp3) is 0.550. The van der Waals surface area contributed by atoms with Crippen molar-refractivity contribution in [2.24, 2.45) is 5.92 Å². The Hall–Kier alpha value is -2.44. The van der Waals surface area contributed by atoms with Gasteiger partial charge in [0.15, 0.2) is 0 Å². The van der Waals surface area contributed by atoms with Crippen LogP contribution in [0.3, 0.4) is 0 Å². The van der Waals surface area contributed by atoms with Crippen LogP contribution in [-0.4, -0.2) is 60.2 Å². The second kappa shape index (κ2) is 8.97. The summed E-state index contributed by atoms with van der Waals surface area (Å²) in [5.74, 6) is -0.179. The maximum absolute atomic E-state index is 12.9. The molecule has 0 aliphatic carbocycles. The SMILES string of the molecule is O=C(NC[C@@H]1CCCN(C(=O)CCN2CCCC2=O)C1)c1ccc(F)cc1. The van der Waals surface area contributed by atoms with Crippen LogP contribution in [0.25, 0.3) is 0 Å². The number of likely N-dealkylation sites (tertiary alicyclic amines) is 2. The molecule has 0 bridgehead atoms. The van der Waals surface area contributed by atoms with Gasteiger partial charge in [0, 0.05) is 51.1 Å². The summed E-state index contributed by atoms with van der Waals surface area (Å²) in [6.45, 7) is 3.10. The van der Waals surface area contributed by atoms with E-state index in [2.05, 4.69) is 5.32 Å². The molecule has 0 aromatic heterocycles. The fourth-order valence-corrected chi connectivity index (χ4v) is 3.73. The smallest absolute Gasteiger partial charge is 0.251 e. The molecular formula is C20H26FN3O3. The first-order valence-electron chi connectivity index (χ1n) is 9.62. The quantitative estimate of drug-likeness (QED) is 0.824. The number of hydrogen-bond donors (Lipinski definition) is 1. The molecule has 3 rings (SSSR count). The highest BCUT2D eigenvalue weighted by molar-refractivity contribution is 5.94. The van der Waals surface area contributed by atoms with Crippen LogP contribution in [-0.2, 0) is 9.59 Å². The number of piperidine rings is 1. The zero-order valence-corrected chi connectivity index (χ0v) is 15.5. The first-order valence-corrected chi connectivity index (χ1v) is 9.62. The molecule has 1 N–H and O–H groups in total. The Balaban J connectivity index is 1.43. The molecule has 2 fully saturated rings. The van der Waals surface area contributed by atoms with Gasteiger partial charge in [0.05, 0.1) is 0 Å². The van der Waals surface area contributed by atoms with Crippen molar-refractivity contribution in [2.75, 3.05) is 32.7 Å². The minimum atomic E-state index is -0.372. The first kappa shape index (κ1) is 19.3. The van der Waals surface area contributed by atoms with E-state index in [0.717, 1.165) is 32.4 Å². The molecule has 7 heteroatoms. The van der Waals surface area contributed by atoms with Gasteiger partial charge in [-0.15, -0.1) is 0 Å². The summed E-state index contributed by atoms with van der Waals surface area (Å²) in [6.07, 6.45) is 3.70. The van der Waals surface area contributed by atoms with Crippen molar-refractivity contribution < 1.29 is 18.8 Å². The Bertz CT molecular complexity index is 692. The summed E-state index contributed by atoms with van der Waals surface area (Å²) in [5.41, 5.74) is 0.426. The summed E-state index contributed by atoms with van der Waals surface area (Å²) in [7, 11) is 0. The number of carbonyl (C=O) groups excluding carboxylic acids is 3. The van der Waals surface area contributed by atoms with Crippen molar-refractivity contribution in [3.05, 3.63) is 35.6 Å². The molecule has 0 radical (unpaired) electrons. The van der Waals surface area contributed by atoms with E-state index >= 15 is 0 Å². The third kappa shape index (κ3) is 5.28. The number of halogens is 1. The van der Waals surface area contributed by atoms with Gasteiger partial charge < -0.3 is 15.1 Å². The molecular weight excluding hydrogens is 349 g/mol. The van der Waals surface area contributed by atoms with Crippen LogP contribution in [0.5, 0.6) is 0 Å². The maximum Gasteiger partial charge on any atom is 0.251 e. The van der Waals surface area contributed by atoms with Crippen molar-refractivity contribution >= 4 is 17.7 Å². The molecule has 2 saturated heterocycles. The molecule has 2 aliphatic rings. The van der Waals surface area contributed by atoms with E-state index in [9.17, 15) is 18.8 Å². The summed E-state index contributed by atoms with van der Waals surface area (Å²) >= 11 is 0. The number of rotatable bonds is 6. The molecule has 0 saturated carbocycles. The predicted octanol–water partition coefficient (Wildman–Crippen LogP) is 1.81. The van der Waals surface area contributed by atoms with Gasteiger partial charge in [0.1, 0.15) is 5.82 Å². The first-order chi connectivity index (χ1) is 13.0. The van der Waals surface area contributed by atoms with E-state index < -0.39 is 0 Å². The van der Waals surface area contributed by atoms with E-state index in [4.69, 9.17) is 0 Å². The van der Waals surface area contributed by atoms with Crippen LogP contribution in [0.2, 0.25) is 0 Å². The zero-order chi connectivity index (χ0) is 19.2. The maximum atomic E-state index is 12.9. The molecule has 0 spiro atoms. The van der Waals surface area contributed by atoms with Crippen LogP contribution < -0.4 is 5.32 Å². The van der Waals surface area contributed by atoms with Crippen molar-refractivity contribution in [3.63, 3.8) is 0 Å². The van der Waals surface area contributed by atoms with Gasteiger partial charge in [0.25, 0.3) is 5.91 Å². The van der Waals surface area contributed by atoms with Crippen molar-refractivity contribution in [1.82, 2.24) is 15.1 Å². The van der Waals surface area contributed by atoms with Crippen LogP contribution in [0, 0.1) is 11.7 Å². The summed E-state index contributed by atoms with van der Waals surface area (Å²) in [6, 6.07) is 5.45. The number of carbonyl (C=O) groups is 3. The molecule has 3 amide bonds. The predicted molar refractivity (Wildman–Crippen MR) is 98.5 cm³/mol. The highest BCUT2D eigenvalue weighted by Crippen LogP contribution is 2.18. The molecule has 6 nitrogen and oxygen atoms in total. The van der Waals surface area contributed by atoms with Crippen molar-refractivity contribution in [2.45, 2.75) is 32.1 Å². The van der Waals surface area contributed by atoms with Gasteiger partial charge in [-0.05, 0) is 49.4 Å². The van der Waals surface area contributed by atoms with Crippen molar-refractivity contribution in [3.8, 4) is 0 Å². The van der Waals surface area contributed by atoms with E-state index in [1.165, 1.54) is 24.3 Å². The fourth-order valence-electron chi connectivity index (χ4n) is 3.73. The number of nitrogens with one attached hydrogen (secondary N) is 1. The number of amides is 3. The Kier molecular flexibility index (Phi) is 6.42. The van der Waals surface area contributed by atoms with E-state index in [1.807, 2.05) is 4.90 Å². The minimum absolute atomic E-state index is 0.0734. The third-order valence-corrected chi connectivity index (χ3v) is 5.30. The van der Waals surface area contributed by atoms with Crippen LogP contribution in [0.15, 0.2) is 24.3 Å². The molecule has 1 atom stereocenters. The molecule has 2 aliphatic heterocycles. The molecule has 2 heterocycles. The highest BCUT2D eigenvalue weighted by atomic mass is 19.1. The summed E-state index contributed by atoms with van der Waals surface area (Å²) in [4.78, 5) is 39.9. The lowest BCUT2D eigenvalue weighted by molar-refractivity contribution is -0.134. The monoisotopic (exact) mass is 375 g/mol. The van der Waals surface area contributed by atoms with Crippen molar-refractivity contribution in [1.29, 1.82) is 0 Å². The topological polar surface area (TPSA) is 69.7 Å². The third-order valence-electron chi connectivity index (χ3n) is 5.30. The average molecular weight is 375 g/mol. The Morgan fingerprint density at radius 3 is 2.63 bits per heavy atom. The second-order valence-corrected chi connectivity index (χ2v) is 7.30. The molecule has 146 valence electrons. The largest absolute Gasteiger partial charge is 0.352 e. The van der Waals surface area contributed by atoms with Gasteiger partial charge in [-0.25, -0.2) is 4.39 Å². The van der Waals surface area contributed by atoms with Gasteiger partial charge in [0.2, 0.25) is 11.8 Å². The lowest BCUT2D eigenvalue weighted by atomic mass is 9.97. The molecule has 0 unspecified atom stereocenters. The second-order valence-electron chi connectivity index (χ2n) is 7.30. The minimum Gasteiger partial charge on any atom is -0.352 e. The van der Waals surface area contributed by atoms with Crippen LogP contribution in [0.1, 0.15) is 42.5 Å². The zero-order valence-electron chi connectivity index (χ0n) is 15.5. The van der Waals surface area contributed by atoms with Crippen LogP contribution >= 0.6 is 0 Å². The number of benzene rings is 1. The van der Waals surface area contributed by atoms with Gasteiger partial charge in [-0.1, -0.05) is 0 Å². The van der Waals surface area contributed by atoms with Crippen LogP contribution in [0.4, 0.5) is 4.39 Å². The summed E-state index contributed by atoms with van der Waals surface area (Å²) in [5, 5.41) is 2.88. The molecule has 27 heavy (non-hydrogen) atoms. The van der Waals surface area contributed by atoms with E-state index in [0.29, 0.717) is 38.0 Å². The average Bonchev–Trinajstić information content (AvgIpc) is 3.10. The lowest BCUT2D eigenvalue weighted by Crippen LogP contribution is -2.44. The van der Waals surface area contributed by atoms with E-state index in [1.54, 1.807) is 4.90 Å². The molecule has 1 aromatic rings. The van der Waals surface area contributed by atoms with Gasteiger partial charge >= 0.3 is 0 Å². The van der Waals surface area contributed by atoms with Gasteiger partial charge in [-0.2, -0.15) is 0 Å². The van der Waals surface area contributed by atoms with Gasteiger partial charge in [-0.3, -0.25) is 14.4 Å². The number of nitrogens with zero attached hydrogens (tertiary/aromatic N) is 2. The Labute approximate surface area is 158 Å². The number of hydrogen-bond acceptors (Lipinski definition) is 3.